The lowest BCUT2D eigenvalue weighted by Gasteiger charge is -2.56. The molecule has 3 aromatic rings. The molecule has 0 aromatic heterocycles. The minimum absolute atomic E-state index is 0.0549. The number of amides is 2. The van der Waals surface area contributed by atoms with E-state index in [-0.39, 0.29) is 28.3 Å². The van der Waals surface area contributed by atoms with Crippen molar-refractivity contribution < 1.29 is 33.0 Å². The minimum Gasteiger partial charge on any atom is -0.476 e. The molecule has 224 valence electrons. The molecule has 2 aliphatic rings. The van der Waals surface area contributed by atoms with Crippen molar-refractivity contribution in [1.82, 2.24) is 4.42 Å². The Kier molecular flexibility index (Phi) is 7.55. The number of halogens is 3. The number of carbonyl (C=O) groups excluding carboxylic acids is 4. The van der Waals surface area contributed by atoms with Crippen LogP contribution in [0, 0.1) is 12.7 Å². The maximum absolute atomic E-state index is 15.0. The van der Waals surface area contributed by atoms with E-state index in [2.05, 4.69) is 5.32 Å². The minimum atomic E-state index is -2.23. The number of methoxy groups -OCH3 is 1. The molecule has 8 nitrogen and oxygen atoms in total. The Bertz CT molecular complexity index is 1690. The fourth-order valence-corrected chi connectivity index (χ4v) is 7.28. The van der Waals surface area contributed by atoms with E-state index >= 15 is 4.39 Å². The third kappa shape index (κ3) is 4.32. The summed E-state index contributed by atoms with van der Waals surface area (Å²) in [6.07, 6.45) is -0.357. The SMILES string of the molecule is COC(=O)C(C)(C)Oc1ccc(Cl)cc1C1CC(=O)N(Cl)C(C(C)=O)(c2cc(F)ccc2C)C12C(=O)Nc1ccccc12. The summed E-state index contributed by atoms with van der Waals surface area (Å²) in [5.41, 5.74) is -4.13. The Hall–Kier alpha value is -3.95. The Balaban J connectivity index is 1.94. The molecule has 3 aromatic carbocycles. The number of ether oxygens (including phenoxy) is 2. The molecule has 1 saturated heterocycles. The first-order valence-corrected chi connectivity index (χ1v) is 14.2. The van der Waals surface area contributed by atoms with E-state index in [4.69, 9.17) is 32.9 Å². The second-order valence-electron chi connectivity index (χ2n) is 11.3. The molecule has 0 radical (unpaired) electrons. The van der Waals surface area contributed by atoms with Gasteiger partial charge in [-0.05, 0) is 80.8 Å². The molecule has 1 fully saturated rings. The number of carbonyl (C=O) groups is 4. The number of hydrogen-bond acceptors (Lipinski definition) is 6. The van der Waals surface area contributed by atoms with Gasteiger partial charge in [0.05, 0.1) is 7.11 Å². The Labute approximate surface area is 258 Å². The molecule has 0 saturated carbocycles. The summed E-state index contributed by atoms with van der Waals surface area (Å²) in [6.45, 7) is 5.89. The monoisotopic (exact) mass is 626 g/mol. The van der Waals surface area contributed by atoms with Gasteiger partial charge in [0.15, 0.2) is 16.9 Å². The van der Waals surface area contributed by atoms with Crippen molar-refractivity contribution in [3.8, 4) is 5.75 Å². The number of benzene rings is 3. The van der Waals surface area contributed by atoms with Crippen molar-refractivity contribution in [3.63, 3.8) is 0 Å². The van der Waals surface area contributed by atoms with Crippen molar-refractivity contribution in [1.29, 1.82) is 0 Å². The van der Waals surface area contributed by atoms with Gasteiger partial charge in [-0.25, -0.2) is 13.6 Å². The first-order valence-electron chi connectivity index (χ1n) is 13.5. The van der Waals surface area contributed by atoms with Crippen molar-refractivity contribution in [3.05, 3.63) is 93.8 Å². The van der Waals surface area contributed by atoms with Crippen LogP contribution in [0.15, 0.2) is 60.7 Å². The lowest BCUT2D eigenvalue weighted by atomic mass is 9.51. The molecule has 0 bridgehead atoms. The first-order chi connectivity index (χ1) is 20.2. The number of piperidine rings is 1. The van der Waals surface area contributed by atoms with Gasteiger partial charge in [-0.15, -0.1) is 0 Å². The topological polar surface area (TPSA) is 102 Å². The summed E-state index contributed by atoms with van der Waals surface area (Å²) in [7, 11) is 1.22. The number of aryl methyl sites for hydroxylation is 1. The zero-order valence-corrected chi connectivity index (χ0v) is 25.6. The molecular weight excluding hydrogens is 598 g/mol. The molecule has 0 aliphatic carbocycles. The quantitative estimate of drug-likeness (QED) is 0.267. The number of nitrogens with one attached hydrogen (secondary N) is 1. The molecule has 1 N–H and O–H groups in total. The molecule has 43 heavy (non-hydrogen) atoms. The average Bonchev–Trinajstić information content (AvgIpc) is 3.25. The molecule has 11 heteroatoms. The number of esters is 1. The highest BCUT2D eigenvalue weighted by Crippen LogP contribution is 2.65. The van der Waals surface area contributed by atoms with Crippen LogP contribution in [0.1, 0.15) is 55.4 Å². The predicted octanol–water partition coefficient (Wildman–Crippen LogP) is 5.96. The number of Topliss-reactive ketones (excluding diaryl/α,β-unsaturated/α-hetero) is 1. The van der Waals surface area contributed by atoms with Crippen LogP contribution in [0.2, 0.25) is 5.02 Å². The number of ketones is 1. The van der Waals surface area contributed by atoms with Gasteiger partial charge >= 0.3 is 5.97 Å². The fraction of sp³-hybridized carbons (Fsp3) is 0.312. The highest BCUT2D eigenvalue weighted by atomic mass is 35.5. The average molecular weight is 627 g/mol. The van der Waals surface area contributed by atoms with Crippen molar-refractivity contribution in [2.24, 2.45) is 0 Å². The van der Waals surface area contributed by atoms with E-state index in [9.17, 15) is 19.2 Å². The van der Waals surface area contributed by atoms with E-state index in [1.54, 1.807) is 31.2 Å². The molecule has 2 aliphatic heterocycles. The van der Waals surface area contributed by atoms with E-state index < -0.39 is 51.9 Å². The van der Waals surface area contributed by atoms with Gasteiger partial charge in [-0.1, -0.05) is 35.9 Å². The van der Waals surface area contributed by atoms with Crippen LogP contribution >= 0.6 is 23.4 Å². The summed E-state index contributed by atoms with van der Waals surface area (Å²) < 4.78 is 26.9. The van der Waals surface area contributed by atoms with Gasteiger partial charge in [0, 0.05) is 40.4 Å². The molecular formula is C32H29Cl2FN2O6. The van der Waals surface area contributed by atoms with Gasteiger partial charge in [0.1, 0.15) is 17.0 Å². The summed E-state index contributed by atoms with van der Waals surface area (Å²) in [5.74, 6) is -4.35. The Morgan fingerprint density at radius 1 is 1.07 bits per heavy atom. The van der Waals surface area contributed by atoms with Crippen LogP contribution in [0.4, 0.5) is 10.1 Å². The summed E-state index contributed by atoms with van der Waals surface area (Å²) >= 11 is 13.4. The molecule has 2 heterocycles. The second-order valence-corrected chi connectivity index (χ2v) is 12.0. The third-order valence-electron chi connectivity index (χ3n) is 8.43. The van der Waals surface area contributed by atoms with E-state index in [1.165, 1.54) is 58.2 Å². The number of rotatable bonds is 6. The Morgan fingerprint density at radius 2 is 1.77 bits per heavy atom. The number of anilines is 1. The maximum atomic E-state index is 15.0. The molecule has 1 spiro atoms. The molecule has 3 unspecified atom stereocenters. The summed E-state index contributed by atoms with van der Waals surface area (Å²) in [6, 6.07) is 15.2. The highest BCUT2D eigenvalue weighted by molar-refractivity contribution is 6.31. The van der Waals surface area contributed by atoms with E-state index in [1.807, 2.05) is 0 Å². The molecule has 5 rings (SSSR count). The summed E-state index contributed by atoms with van der Waals surface area (Å²) in [4.78, 5) is 55.4. The number of para-hydroxylation sites is 1. The lowest BCUT2D eigenvalue weighted by molar-refractivity contribution is -0.157. The van der Waals surface area contributed by atoms with Crippen LogP contribution in [0.5, 0.6) is 5.75 Å². The first kappa shape index (κ1) is 30.5. The third-order valence-corrected chi connectivity index (χ3v) is 9.11. The second kappa shape index (κ2) is 10.6. The van der Waals surface area contributed by atoms with Crippen LogP contribution < -0.4 is 10.1 Å². The van der Waals surface area contributed by atoms with Gasteiger partial charge in [-0.3, -0.25) is 14.4 Å². The van der Waals surface area contributed by atoms with Crippen LogP contribution in [0.3, 0.4) is 0 Å². The van der Waals surface area contributed by atoms with Crippen LogP contribution in [0.25, 0.3) is 0 Å². The zero-order valence-electron chi connectivity index (χ0n) is 24.1. The largest absolute Gasteiger partial charge is 0.476 e. The number of fused-ring (bicyclic) bond motifs is 2. The predicted molar refractivity (Wildman–Crippen MR) is 158 cm³/mol. The molecule has 2 amide bonds. The molecule has 3 atom stereocenters. The normalized spacial score (nSPS) is 23.2. The highest BCUT2D eigenvalue weighted by Gasteiger charge is 2.74. The zero-order chi connectivity index (χ0) is 31.5. The van der Waals surface area contributed by atoms with Crippen molar-refractivity contribution >= 4 is 52.6 Å². The smallest absolute Gasteiger partial charge is 0.349 e. The van der Waals surface area contributed by atoms with Crippen molar-refractivity contribution in [2.75, 3.05) is 12.4 Å². The van der Waals surface area contributed by atoms with Gasteiger partial charge in [0.25, 0.3) is 0 Å². The number of hydrogen-bond donors (Lipinski definition) is 1. The standard InChI is InChI=1S/C32H29Cl2FN2O6/c1-17-10-12-20(35)15-23(17)32(18(2)38)31(22-8-6-7-9-25(22)36-28(31)40)24(16-27(39)37(32)34)21-14-19(33)11-13-26(21)43-30(3,4)29(41)42-5/h6-15,24H,16H2,1-5H3,(H,36,40). The van der Waals surface area contributed by atoms with E-state index in [0.717, 1.165) is 10.5 Å². The van der Waals surface area contributed by atoms with E-state index in [0.29, 0.717) is 16.8 Å². The van der Waals surface area contributed by atoms with Gasteiger partial charge in [0.2, 0.25) is 11.8 Å². The van der Waals surface area contributed by atoms with Gasteiger partial charge in [-0.2, -0.15) is 0 Å². The van der Waals surface area contributed by atoms with Crippen LogP contribution in [-0.4, -0.2) is 40.7 Å². The van der Waals surface area contributed by atoms with Gasteiger partial charge < -0.3 is 14.8 Å². The number of nitrogens with zero attached hydrogens (tertiary/aromatic N) is 1. The summed E-state index contributed by atoms with van der Waals surface area (Å²) in [5, 5.41) is 3.13. The fourth-order valence-electron chi connectivity index (χ4n) is 6.68. The lowest BCUT2D eigenvalue weighted by Crippen LogP contribution is -2.70. The maximum Gasteiger partial charge on any atom is 0.349 e. The van der Waals surface area contributed by atoms with Crippen LogP contribution in [-0.2, 0) is 34.9 Å². The Morgan fingerprint density at radius 3 is 2.44 bits per heavy atom. The van der Waals surface area contributed by atoms with Crippen molar-refractivity contribution in [2.45, 2.75) is 56.6 Å².